The minimum Gasteiger partial charge on any atom is -0.351 e. The minimum atomic E-state index is -0.129. The molecule has 86 valence electrons. The second kappa shape index (κ2) is 3.62. The number of carbonyl (C=O) groups excluding carboxylic acids is 1. The predicted octanol–water partition coefficient (Wildman–Crippen LogP) is 2.69. The fraction of sp³-hybridized carbons (Fsp3) is 0.500. The molecular weight excluding hydrogens is 198 g/mol. The number of benzene rings is 1. The SMILES string of the molecule is Cc1ccc(C)c(C2CC(=O)NC2(C)C)c1. The lowest BCUT2D eigenvalue weighted by Gasteiger charge is -2.28. The molecule has 0 saturated carbocycles. The zero-order valence-electron chi connectivity index (χ0n) is 10.4. The zero-order chi connectivity index (χ0) is 11.9. The van der Waals surface area contributed by atoms with Crippen LogP contribution in [0.1, 0.15) is 42.9 Å². The van der Waals surface area contributed by atoms with Crippen molar-refractivity contribution in [2.45, 2.75) is 45.6 Å². The first kappa shape index (κ1) is 11.2. The monoisotopic (exact) mass is 217 g/mol. The molecule has 1 heterocycles. The van der Waals surface area contributed by atoms with E-state index in [-0.39, 0.29) is 11.4 Å². The molecule has 0 bridgehead atoms. The smallest absolute Gasteiger partial charge is 0.221 e. The summed E-state index contributed by atoms with van der Waals surface area (Å²) in [5, 5.41) is 3.05. The van der Waals surface area contributed by atoms with Gasteiger partial charge < -0.3 is 5.32 Å². The van der Waals surface area contributed by atoms with Crippen LogP contribution < -0.4 is 5.32 Å². The molecule has 0 aliphatic carbocycles. The molecule has 2 heteroatoms. The van der Waals surface area contributed by atoms with Gasteiger partial charge in [0.15, 0.2) is 0 Å². The Bertz CT molecular complexity index is 434. The van der Waals surface area contributed by atoms with Crippen LogP contribution in [-0.4, -0.2) is 11.4 Å². The molecular formula is C14H19NO. The molecule has 16 heavy (non-hydrogen) atoms. The molecule has 1 aliphatic rings. The zero-order valence-corrected chi connectivity index (χ0v) is 10.4. The van der Waals surface area contributed by atoms with E-state index < -0.39 is 0 Å². The summed E-state index contributed by atoms with van der Waals surface area (Å²) in [6.45, 7) is 8.42. The lowest BCUT2D eigenvalue weighted by molar-refractivity contribution is -0.119. The lowest BCUT2D eigenvalue weighted by Crippen LogP contribution is -2.38. The summed E-state index contributed by atoms with van der Waals surface area (Å²) in [6, 6.07) is 6.47. The Balaban J connectivity index is 2.44. The first-order valence-electron chi connectivity index (χ1n) is 5.78. The molecule has 2 rings (SSSR count). The van der Waals surface area contributed by atoms with E-state index in [1.807, 2.05) is 0 Å². The van der Waals surface area contributed by atoms with Gasteiger partial charge in [-0.1, -0.05) is 23.8 Å². The Morgan fingerprint density at radius 2 is 2.00 bits per heavy atom. The molecule has 1 unspecified atom stereocenters. The molecule has 0 radical (unpaired) electrons. The first-order chi connectivity index (χ1) is 7.40. The molecule has 2 nitrogen and oxygen atoms in total. The van der Waals surface area contributed by atoms with Crippen molar-refractivity contribution in [2.75, 3.05) is 0 Å². The molecule has 0 spiro atoms. The second-order valence-electron chi connectivity index (χ2n) is 5.39. The number of amides is 1. The van der Waals surface area contributed by atoms with Crippen LogP contribution in [0.4, 0.5) is 0 Å². The van der Waals surface area contributed by atoms with Gasteiger partial charge in [0, 0.05) is 17.9 Å². The molecule has 0 aromatic heterocycles. The summed E-state index contributed by atoms with van der Waals surface area (Å²) in [7, 11) is 0. The van der Waals surface area contributed by atoms with E-state index in [0.29, 0.717) is 12.3 Å². The third-order valence-electron chi connectivity index (χ3n) is 3.53. The highest BCUT2D eigenvalue weighted by molar-refractivity contribution is 5.81. The average molecular weight is 217 g/mol. The number of nitrogens with one attached hydrogen (secondary N) is 1. The van der Waals surface area contributed by atoms with Gasteiger partial charge in [0.2, 0.25) is 5.91 Å². The van der Waals surface area contributed by atoms with E-state index in [4.69, 9.17) is 0 Å². The Kier molecular flexibility index (Phi) is 2.53. The van der Waals surface area contributed by atoms with E-state index in [2.05, 4.69) is 51.2 Å². The summed E-state index contributed by atoms with van der Waals surface area (Å²) in [5.74, 6) is 0.454. The maximum absolute atomic E-state index is 11.5. The quantitative estimate of drug-likeness (QED) is 0.770. The number of aryl methyl sites for hydroxylation is 2. The van der Waals surface area contributed by atoms with Crippen molar-refractivity contribution in [2.24, 2.45) is 0 Å². The van der Waals surface area contributed by atoms with Crippen LogP contribution in [-0.2, 0) is 4.79 Å². The van der Waals surface area contributed by atoms with Gasteiger partial charge in [-0.05, 0) is 38.8 Å². The summed E-state index contributed by atoms with van der Waals surface area (Å²) in [4.78, 5) is 11.5. The largest absolute Gasteiger partial charge is 0.351 e. The average Bonchev–Trinajstić information content (AvgIpc) is 2.43. The predicted molar refractivity (Wildman–Crippen MR) is 65.5 cm³/mol. The second-order valence-corrected chi connectivity index (χ2v) is 5.39. The van der Waals surface area contributed by atoms with Gasteiger partial charge in [-0.25, -0.2) is 0 Å². The fourth-order valence-corrected chi connectivity index (χ4v) is 2.57. The van der Waals surface area contributed by atoms with Crippen molar-refractivity contribution in [3.63, 3.8) is 0 Å². The van der Waals surface area contributed by atoms with E-state index in [0.717, 1.165) is 0 Å². The standard InChI is InChI=1S/C14H19NO/c1-9-5-6-10(2)11(7-9)12-8-13(16)15-14(12,3)4/h5-7,12H,8H2,1-4H3,(H,15,16). The van der Waals surface area contributed by atoms with Gasteiger partial charge >= 0.3 is 0 Å². The topological polar surface area (TPSA) is 29.1 Å². The summed E-state index contributed by atoms with van der Waals surface area (Å²) in [5.41, 5.74) is 3.72. The Morgan fingerprint density at radius 1 is 1.31 bits per heavy atom. The van der Waals surface area contributed by atoms with Crippen molar-refractivity contribution in [1.82, 2.24) is 5.32 Å². The third kappa shape index (κ3) is 1.84. The van der Waals surface area contributed by atoms with Crippen molar-refractivity contribution in [3.05, 3.63) is 34.9 Å². The van der Waals surface area contributed by atoms with Crippen LogP contribution in [0.25, 0.3) is 0 Å². The Labute approximate surface area is 97.1 Å². The van der Waals surface area contributed by atoms with Gasteiger partial charge in [0.1, 0.15) is 0 Å². The van der Waals surface area contributed by atoms with Crippen LogP contribution in [0.3, 0.4) is 0 Å². The molecule has 1 N–H and O–H groups in total. The normalized spacial score (nSPS) is 23.2. The highest BCUT2D eigenvalue weighted by atomic mass is 16.2. The van der Waals surface area contributed by atoms with E-state index in [1.165, 1.54) is 16.7 Å². The van der Waals surface area contributed by atoms with E-state index in [1.54, 1.807) is 0 Å². The van der Waals surface area contributed by atoms with Crippen LogP contribution in [0.15, 0.2) is 18.2 Å². The Hall–Kier alpha value is -1.31. The summed E-state index contributed by atoms with van der Waals surface area (Å²) in [6.07, 6.45) is 0.608. The number of rotatable bonds is 1. The highest BCUT2D eigenvalue weighted by Crippen LogP contribution is 2.37. The minimum absolute atomic E-state index is 0.129. The molecule has 1 aromatic carbocycles. The van der Waals surface area contributed by atoms with Crippen LogP contribution in [0.5, 0.6) is 0 Å². The van der Waals surface area contributed by atoms with Crippen molar-refractivity contribution in [3.8, 4) is 0 Å². The molecule has 1 fully saturated rings. The summed E-state index contributed by atoms with van der Waals surface area (Å²) < 4.78 is 0. The van der Waals surface area contributed by atoms with Crippen LogP contribution in [0, 0.1) is 13.8 Å². The fourth-order valence-electron chi connectivity index (χ4n) is 2.57. The molecule has 1 aromatic rings. The van der Waals surface area contributed by atoms with Crippen molar-refractivity contribution < 1.29 is 4.79 Å². The van der Waals surface area contributed by atoms with Crippen LogP contribution in [0.2, 0.25) is 0 Å². The number of carbonyl (C=O) groups is 1. The number of hydrogen-bond acceptors (Lipinski definition) is 1. The van der Waals surface area contributed by atoms with Gasteiger partial charge in [0.25, 0.3) is 0 Å². The van der Waals surface area contributed by atoms with Gasteiger partial charge in [0.05, 0.1) is 0 Å². The molecule has 1 saturated heterocycles. The molecule has 1 amide bonds. The third-order valence-corrected chi connectivity index (χ3v) is 3.53. The van der Waals surface area contributed by atoms with Crippen molar-refractivity contribution >= 4 is 5.91 Å². The van der Waals surface area contributed by atoms with E-state index >= 15 is 0 Å². The molecule has 1 aliphatic heterocycles. The van der Waals surface area contributed by atoms with Gasteiger partial charge in [-0.3, -0.25) is 4.79 Å². The van der Waals surface area contributed by atoms with Gasteiger partial charge in [-0.15, -0.1) is 0 Å². The summed E-state index contributed by atoms with van der Waals surface area (Å²) >= 11 is 0. The lowest BCUT2D eigenvalue weighted by atomic mass is 9.81. The first-order valence-corrected chi connectivity index (χ1v) is 5.78. The van der Waals surface area contributed by atoms with Gasteiger partial charge in [-0.2, -0.15) is 0 Å². The number of hydrogen-bond donors (Lipinski definition) is 1. The molecule has 1 atom stereocenters. The van der Waals surface area contributed by atoms with Crippen molar-refractivity contribution in [1.29, 1.82) is 0 Å². The van der Waals surface area contributed by atoms with E-state index in [9.17, 15) is 4.79 Å². The van der Waals surface area contributed by atoms with Crippen LogP contribution >= 0.6 is 0 Å². The Morgan fingerprint density at radius 3 is 2.56 bits per heavy atom. The highest BCUT2D eigenvalue weighted by Gasteiger charge is 2.40. The maximum atomic E-state index is 11.5. The maximum Gasteiger partial charge on any atom is 0.221 e.